The lowest BCUT2D eigenvalue weighted by Crippen LogP contribution is -2.45. The molecule has 2 fully saturated rings. The first kappa shape index (κ1) is 13.1. The van der Waals surface area contributed by atoms with Gasteiger partial charge in [0.05, 0.1) is 6.61 Å². The van der Waals surface area contributed by atoms with Crippen molar-refractivity contribution in [3.63, 3.8) is 0 Å². The van der Waals surface area contributed by atoms with Gasteiger partial charge in [0.15, 0.2) is 12.1 Å². The highest BCUT2D eigenvalue weighted by molar-refractivity contribution is 7.10. The third-order valence-electron chi connectivity index (χ3n) is 2.89. The van der Waals surface area contributed by atoms with Crippen LogP contribution in [-0.4, -0.2) is 36.5 Å². The first-order valence-electron chi connectivity index (χ1n) is 5.12. The van der Waals surface area contributed by atoms with Crippen LogP contribution in [0.15, 0.2) is 0 Å². The van der Waals surface area contributed by atoms with Gasteiger partial charge in [-0.3, -0.25) is 0 Å². The van der Waals surface area contributed by atoms with Crippen LogP contribution in [0.1, 0.15) is 20.8 Å². The first-order valence-corrected chi connectivity index (χ1v) is 6.07. The molecule has 0 radical (unpaired) electrons. The smallest absolute Gasteiger partial charge is 0.190 e. The van der Waals surface area contributed by atoms with Crippen molar-refractivity contribution in [3.8, 4) is 0 Å². The predicted octanol–water partition coefficient (Wildman–Crippen LogP) is 1.23. The molecule has 2 saturated heterocycles. The van der Waals surface area contributed by atoms with Crippen molar-refractivity contribution in [1.29, 1.82) is 0 Å². The Morgan fingerprint density at radius 3 is 2.38 bits per heavy atom. The van der Waals surface area contributed by atoms with Gasteiger partial charge in [-0.05, 0) is 20.8 Å². The third-order valence-corrected chi connectivity index (χ3v) is 3.35. The fourth-order valence-corrected chi connectivity index (χ4v) is 3.01. The molecule has 2 unspecified atom stereocenters. The van der Waals surface area contributed by atoms with Crippen molar-refractivity contribution < 1.29 is 23.3 Å². The molecule has 2 heterocycles. The maximum Gasteiger partial charge on any atom is 0.190 e. The maximum absolute atomic E-state index is 5.83. The van der Waals surface area contributed by atoms with Gasteiger partial charge in [-0.15, -0.1) is 0 Å². The highest BCUT2D eigenvalue weighted by Crippen LogP contribution is 2.44. The summed E-state index contributed by atoms with van der Waals surface area (Å²) in [5.74, 6) is -0.625. The molecule has 0 N–H and O–H groups in total. The Morgan fingerprint density at radius 2 is 1.81 bits per heavy atom. The number of fused-ring (bicyclic) bond motifs is 1. The van der Waals surface area contributed by atoms with Gasteiger partial charge in [0.2, 0.25) is 0 Å². The summed E-state index contributed by atoms with van der Waals surface area (Å²) in [7, 11) is 4.46. The van der Waals surface area contributed by atoms with E-state index in [1.165, 1.54) is 0 Å². The fourth-order valence-electron chi connectivity index (χ4n) is 2.24. The van der Waals surface area contributed by atoms with E-state index < -0.39 is 17.7 Å². The average Bonchev–Trinajstić information content (AvgIpc) is 2.53. The minimum Gasteiger partial charge on any atom is -0.363 e. The van der Waals surface area contributed by atoms with E-state index in [1.807, 2.05) is 20.8 Å². The van der Waals surface area contributed by atoms with Gasteiger partial charge in [-0.25, -0.2) is 0 Å². The lowest BCUT2D eigenvalue weighted by atomic mass is 9.99. The lowest BCUT2D eigenvalue weighted by molar-refractivity contribution is -0.236. The largest absolute Gasteiger partial charge is 0.363 e. The van der Waals surface area contributed by atoms with Crippen LogP contribution in [0.4, 0.5) is 0 Å². The highest BCUT2D eigenvalue weighted by Gasteiger charge is 2.60. The zero-order valence-corrected chi connectivity index (χ0v) is 11.9. The van der Waals surface area contributed by atoms with Crippen molar-refractivity contribution in [3.05, 3.63) is 0 Å². The molecule has 0 aromatic heterocycles. The molecule has 2 aliphatic rings. The van der Waals surface area contributed by atoms with Crippen LogP contribution in [0.25, 0.3) is 0 Å². The predicted molar refractivity (Wildman–Crippen MR) is 63.6 cm³/mol. The van der Waals surface area contributed by atoms with Crippen molar-refractivity contribution >= 4 is 18.9 Å². The van der Waals surface area contributed by atoms with E-state index in [4.69, 9.17) is 23.3 Å². The van der Waals surface area contributed by atoms with E-state index in [1.54, 1.807) is 0 Å². The lowest BCUT2D eigenvalue weighted by Gasteiger charge is -2.32. The van der Waals surface area contributed by atoms with Gasteiger partial charge in [0, 0.05) is 18.9 Å². The van der Waals surface area contributed by atoms with E-state index in [2.05, 4.69) is 18.9 Å². The average molecular weight is 268 g/mol. The molecular formula is C9H18O5P2. The van der Waals surface area contributed by atoms with Gasteiger partial charge >= 0.3 is 0 Å². The van der Waals surface area contributed by atoms with Gasteiger partial charge in [0.1, 0.15) is 17.8 Å². The zero-order valence-electron chi connectivity index (χ0n) is 9.64. The summed E-state index contributed by atoms with van der Waals surface area (Å²) in [6.45, 7) is 6.04. The molecule has 7 heteroatoms. The van der Waals surface area contributed by atoms with E-state index in [-0.39, 0.29) is 12.2 Å². The SMILES string of the molecule is CC1(C)O[C@H]2O[C@](C)(COP)[C@@H](OP)[C@H]2O1. The number of rotatable bonds is 3. The Hall–Kier alpha value is 0.660. The molecule has 16 heavy (non-hydrogen) atoms. The van der Waals surface area contributed by atoms with Crippen LogP contribution in [0.5, 0.6) is 0 Å². The third kappa shape index (κ3) is 2.15. The second-order valence-electron chi connectivity index (χ2n) is 4.77. The number of ether oxygens (including phenoxy) is 3. The molecule has 2 aliphatic heterocycles. The number of hydrogen-bond acceptors (Lipinski definition) is 5. The molecule has 2 rings (SSSR count). The molecule has 0 amide bonds. The van der Waals surface area contributed by atoms with E-state index in [0.717, 1.165) is 0 Å². The fraction of sp³-hybridized carbons (Fsp3) is 1.00. The second-order valence-corrected chi connectivity index (χ2v) is 5.37. The summed E-state index contributed by atoms with van der Waals surface area (Å²) in [5.41, 5.74) is -0.560. The van der Waals surface area contributed by atoms with Crippen LogP contribution in [0.3, 0.4) is 0 Å². The summed E-state index contributed by atoms with van der Waals surface area (Å²) >= 11 is 0. The van der Waals surface area contributed by atoms with E-state index in [9.17, 15) is 0 Å². The molecule has 0 aliphatic carbocycles. The van der Waals surface area contributed by atoms with Gasteiger partial charge in [-0.2, -0.15) is 0 Å². The number of hydrogen-bond donors (Lipinski definition) is 0. The summed E-state index contributed by atoms with van der Waals surface area (Å²) < 4.78 is 27.7. The minimum atomic E-state index is -0.625. The summed E-state index contributed by atoms with van der Waals surface area (Å²) in [4.78, 5) is 0. The van der Waals surface area contributed by atoms with Crippen LogP contribution >= 0.6 is 18.9 Å². The Balaban J connectivity index is 2.15. The minimum absolute atomic E-state index is 0.224. The van der Waals surface area contributed by atoms with Crippen molar-refractivity contribution in [1.82, 2.24) is 0 Å². The van der Waals surface area contributed by atoms with Crippen molar-refractivity contribution in [2.75, 3.05) is 6.61 Å². The molecule has 5 nitrogen and oxygen atoms in total. The summed E-state index contributed by atoms with van der Waals surface area (Å²) in [6.07, 6.45) is -0.854. The van der Waals surface area contributed by atoms with Crippen molar-refractivity contribution in [2.45, 2.75) is 50.7 Å². The Bertz CT molecular complexity index is 275. The zero-order chi connectivity index (χ0) is 12.0. The normalized spacial score (nSPS) is 45.9. The standard InChI is InChI=1S/C9H18O5P2/c1-8(2)11-5-6(14-16)9(3,4-10-15)13-7(5)12-8/h5-7H,4,15-16H2,1-3H3/t5-,6+,7+,9-/m1/s1. The summed E-state index contributed by atoms with van der Waals surface area (Å²) in [5, 5.41) is 0. The first-order chi connectivity index (χ1) is 7.42. The molecule has 0 aromatic carbocycles. The second kappa shape index (κ2) is 4.40. The molecule has 6 atom stereocenters. The molecular weight excluding hydrogens is 250 g/mol. The topological polar surface area (TPSA) is 46.2 Å². The van der Waals surface area contributed by atoms with Gasteiger partial charge < -0.3 is 23.3 Å². The maximum atomic E-state index is 5.83. The molecule has 0 saturated carbocycles. The van der Waals surface area contributed by atoms with Crippen LogP contribution in [0, 0.1) is 0 Å². The highest BCUT2D eigenvalue weighted by atomic mass is 31.0. The van der Waals surface area contributed by atoms with E-state index in [0.29, 0.717) is 6.61 Å². The molecule has 0 aromatic rings. The van der Waals surface area contributed by atoms with Gasteiger partial charge in [0.25, 0.3) is 0 Å². The Kier molecular flexibility index (Phi) is 3.60. The monoisotopic (exact) mass is 268 g/mol. The van der Waals surface area contributed by atoms with Crippen LogP contribution in [-0.2, 0) is 23.3 Å². The Labute approximate surface area is 100 Å². The molecule has 94 valence electrons. The Morgan fingerprint density at radius 1 is 1.12 bits per heavy atom. The molecule has 0 spiro atoms. The van der Waals surface area contributed by atoms with Crippen LogP contribution in [0.2, 0.25) is 0 Å². The van der Waals surface area contributed by atoms with Gasteiger partial charge in [-0.1, -0.05) is 0 Å². The quantitative estimate of drug-likeness (QED) is 0.720. The molecule has 0 bridgehead atoms. The van der Waals surface area contributed by atoms with Crippen molar-refractivity contribution in [2.24, 2.45) is 0 Å². The van der Waals surface area contributed by atoms with Crippen LogP contribution < -0.4 is 0 Å². The summed E-state index contributed by atoms with van der Waals surface area (Å²) in [6, 6.07) is 0. The van der Waals surface area contributed by atoms with E-state index >= 15 is 0 Å².